The molecule has 0 fully saturated rings. The quantitative estimate of drug-likeness (QED) is 0.740. The van der Waals surface area contributed by atoms with Gasteiger partial charge in [-0.25, -0.2) is 0 Å². The number of carbonyl (C=O) groups excluding carboxylic acids is 2. The highest BCUT2D eigenvalue weighted by Gasteiger charge is 2.00. The van der Waals surface area contributed by atoms with Gasteiger partial charge in [0.15, 0.2) is 0 Å². The molecule has 4 N–H and O–H groups in total. The van der Waals surface area contributed by atoms with E-state index >= 15 is 0 Å². The summed E-state index contributed by atoms with van der Waals surface area (Å²) in [7, 11) is 0. The number of carbonyl (C=O) groups is 2. The summed E-state index contributed by atoms with van der Waals surface area (Å²) >= 11 is 0. The van der Waals surface area contributed by atoms with E-state index in [0.29, 0.717) is 12.2 Å². The van der Waals surface area contributed by atoms with Crippen LogP contribution in [-0.4, -0.2) is 18.4 Å². The van der Waals surface area contributed by atoms with Crippen LogP contribution in [0.15, 0.2) is 24.3 Å². The highest BCUT2D eigenvalue weighted by molar-refractivity contribution is 5.88. The van der Waals surface area contributed by atoms with Gasteiger partial charge < -0.3 is 16.4 Å². The highest BCUT2D eigenvalue weighted by atomic mass is 35.5. The van der Waals surface area contributed by atoms with Crippen molar-refractivity contribution < 1.29 is 9.59 Å². The van der Waals surface area contributed by atoms with Crippen molar-refractivity contribution in [1.29, 1.82) is 0 Å². The molecule has 0 aliphatic heterocycles. The van der Waals surface area contributed by atoms with Crippen molar-refractivity contribution >= 4 is 29.9 Å². The number of amides is 2. The Morgan fingerprint density at radius 3 is 2.65 bits per heavy atom. The van der Waals surface area contributed by atoms with Crippen molar-refractivity contribution in [3.8, 4) is 0 Å². The van der Waals surface area contributed by atoms with Crippen LogP contribution in [0.3, 0.4) is 0 Å². The van der Waals surface area contributed by atoms with Gasteiger partial charge in [-0.2, -0.15) is 0 Å². The second kappa shape index (κ2) is 7.65. The van der Waals surface area contributed by atoms with Crippen LogP contribution in [0.2, 0.25) is 0 Å². The molecule has 0 aliphatic carbocycles. The van der Waals surface area contributed by atoms with Crippen molar-refractivity contribution in [1.82, 2.24) is 5.32 Å². The van der Waals surface area contributed by atoms with Gasteiger partial charge in [0.1, 0.15) is 0 Å². The summed E-state index contributed by atoms with van der Waals surface area (Å²) in [5.41, 5.74) is 6.79. The molecule has 0 atom stereocenters. The summed E-state index contributed by atoms with van der Waals surface area (Å²) < 4.78 is 0. The number of halogens is 1. The maximum Gasteiger partial charge on any atom is 0.234 e. The van der Waals surface area contributed by atoms with Crippen molar-refractivity contribution in [2.75, 3.05) is 11.9 Å². The lowest BCUT2D eigenvalue weighted by molar-refractivity contribution is -0.120. The number of rotatable bonds is 4. The van der Waals surface area contributed by atoms with Gasteiger partial charge in [0.25, 0.3) is 0 Å². The molecule has 0 bridgehead atoms. The van der Waals surface area contributed by atoms with Crippen molar-refractivity contribution in [2.45, 2.75) is 13.5 Å². The minimum atomic E-state index is -0.204. The molecule has 0 spiro atoms. The van der Waals surface area contributed by atoms with Crippen molar-refractivity contribution in [3.05, 3.63) is 29.8 Å². The van der Waals surface area contributed by atoms with Crippen LogP contribution in [0.4, 0.5) is 5.69 Å². The first-order chi connectivity index (χ1) is 7.61. The molecule has 6 heteroatoms. The molecule has 1 aromatic rings. The average molecular weight is 258 g/mol. The summed E-state index contributed by atoms with van der Waals surface area (Å²) in [6, 6.07) is 7.27. The zero-order chi connectivity index (χ0) is 12.0. The van der Waals surface area contributed by atoms with Crippen LogP contribution in [0.25, 0.3) is 0 Å². The predicted octanol–water partition coefficient (Wildman–Crippen LogP) is 0.642. The molecule has 0 heterocycles. The number of nitrogens with two attached hydrogens (primary N) is 1. The molecule has 0 saturated heterocycles. The lowest BCUT2D eigenvalue weighted by atomic mass is 10.2. The van der Waals surface area contributed by atoms with Crippen molar-refractivity contribution in [2.24, 2.45) is 5.73 Å². The lowest BCUT2D eigenvalue weighted by Crippen LogP contribution is -2.29. The Bertz CT molecular complexity index is 396. The van der Waals surface area contributed by atoms with Gasteiger partial charge in [0.05, 0.1) is 6.54 Å². The molecule has 5 nitrogen and oxygen atoms in total. The average Bonchev–Trinajstić information content (AvgIpc) is 2.25. The highest BCUT2D eigenvalue weighted by Crippen LogP contribution is 2.10. The molecule has 0 saturated carbocycles. The summed E-state index contributed by atoms with van der Waals surface area (Å²) in [4.78, 5) is 21.8. The number of anilines is 1. The maximum atomic E-state index is 10.9. The molecule has 0 radical (unpaired) electrons. The summed E-state index contributed by atoms with van der Waals surface area (Å²) in [6.07, 6.45) is 0. The fraction of sp³-hybridized carbons (Fsp3) is 0.273. The van der Waals surface area contributed by atoms with E-state index < -0.39 is 0 Å². The van der Waals surface area contributed by atoms with Crippen molar-refractivity contribution in [3.63, 3.8) is 0 Å². The SMILES string of the molecule is CC(=O)Nc1cccc(CNC(=O)CN)c1.Cl. The monoisotopic (exact) mass is 257 g/mol. The zero-order valence-corrected chi connectivity index (χ0v) is 10.3. The van der Waals surface area contributed by atoms with E-state index in [9.17, 15) is 9.59 Å². The number of hydrogen-bond donors (Lipinski definition) is 3. The Morgan fingerprint density at radius 1 is 1.35 bits per heavy atom. The fourth-order valence-corrected chi connectivity index (χ4v) is 1.24. The molecule has 0 unspecified atom stereocenters. The molecule has 94 valence electrons. The molecular formula is C11H16ClN3O2. The van der Waals surface area contributed by atoms with Gasteiger partial charge in [-0.15, -0.1) is 12.4 Å². The molecule has 1 rings (SSSR count). The van der Waals surface area contributed by atoms with Gasteiger partial charge in [0, 0.05) is 19.2 Å². The van der Waals surface area contributed by atoms with Gasteiger partial charge in [-0.3, -0.25) is 9.59 Å². The van der Waals surface area contributed by atoms with Crippen LogP contribution in [0.5, 0.6) is 0 Å². The van der Waals surface area contributed by atoms with Crippen LogP contribution < -0.4 is 16.4 Å². The molecule has 0 aromatic heterocycles. The standard InChI is InChI=1S/C11H15N3O2.ClH/c1-8(15)14-10-4-2-3-9(5-10)7-13-11(16)6-12;/h2-5H,6-7,12H2,1H3,(H,13,16)(H,14,15);1H. The van der Waals surface area contributed by atoms with Crippen LogP contribution >= 0.6 is 12.4 Å². The first-order valence-electron chi connectivity index (χ1n) is 4.95. The Morgan fingerprint density at radius 2 is 2.06 bits per heavy atom. The number of hydrogen-bond acceptors (Lipinski definition) is 3. The minimum absolute atomic E-state index is 0. The lowest BCUT2D eigenvalue weighted by Gasteiger charge is -2.06. The molecule has 17 heavy (non-hydrogen) atoms. The number of nitrogens with one attached hydrogen (secondary N) is 2. The molecular weight excluding hydrogens is 242 g/mol. The summed E-state index contributed by atoms with van der Waals surface area (Å²) in [6.45, 7) is 1.83. The van der Waals surface area contributed by atoms with Gasteiger partial charge in [-0.05, 0) is 17.7 Å². The zero-order valence-electron chi connectivity index (χ0n) is 9.53. The van der Waals surface area contributed by atoms with E-state index in [4.69, 9.17) is 5.73 Å². The van der Waals surface area contributed by atoms with E-state index in [-0.39, 0.29) is 30.8 Å². The second-order valence-electron chi connectivity index (χ2n) is 3.36. The van der Waals surface area contributed by atoms with Gasteiger partial charge in [0.2, 0.25) is 11.8 Å². The summed E-state index contributed by atoms with van der Waals surface area (Å²) in [5.74, 6) is -0.326. The Kier molecular flexibility index (Phi) is 6.93. The van der Waals surface area contributed by atoms with E-state index in [2.05, 4.69) is 10.6 Å². The van der Waals surface area contributed by atoms with E-state index in [1.165, 1.54) is 6.92 Å². The fourth-order valence-electron chi connectivity index (χ4n) is 1.24. The summed E-state index contributed by atoms with van der Waals surface area (Å²) in [5, 5.41) is 5.32. The van der Waals surface area contributed by atoms with Gasteiger partial charge >= 0.3 is 0 Å². The smallest absolute Gasteiger partial charge is 0.234 e. The first kappa shape index (κ1) is 15.4. The second-order valence-corrected chi connectivity index (χ2v) is 3.36. The van der Waals surface area contributed by atoms with Crippen LogP contribution in [0.1, 0.15) is 12.5 Å². The Labute approximate surface area is 106 Å². The third kappa shape index (κ3) is 5.89. The Hall–Kier alpha value is -1.59. The Balaban J connectivity index is 0.00000256. The minimum Gasteiger partial charge on any atom is -0.351 e. The predicted molar refractivity (Wildman–Crippen MR) is 68.9 cm³/mol. The molecule has 2 amide bonds. The normalized spacial score (nSPS) is 9.06. The topological polar surface area (TPSA) is 84.2 Å². The maximum absolute atomic E-state index is 10.9. The van der Waals surface area contributed by atoms with E-state index in [0.717, 1.165) is 5.56 Å². The van der Waals surface area contributed by atoms with Crippen LogP contribution in [-0.2, 0) is 16.1 Å². The largest absolute Gasteiger partial charge is 0.351 e. The van der Waals surface area contributed by atoms with E-state index in [1.807, 2.05) is 12.1 Å². The van der Waals surface area contributed by atoms with Crippen LogP contribution in [0, 0.1) is 0 Å². The van der Waals surface area contributed by atoms with Gasteiger partial charge in [-0.1, -0.05) is 12.1 Å². The molecule has 0 aliphatic rings. The third-order valence-electron chi connectivity index (χ3n) is 1.92. The third-order valence-corrected chi connectivity index (χ3v) is 1.92. The molecule has 1 aromatic carbocycles. The number of benzene rings is 1. The first-order valence-corrected chi connectivity index (χ1v) is 4.95. The van der Waals surface area contributed by atoms with E-state index in [1.54, 1.807) is 12.1 Å².